The summed E-state index contributed by atoms with van der Waals surface area (Å²) in [5.41, 5.74) is 2.68. The molecule has 0 radical (unpaired) electrons. The molecule has 0 aliphatic heterocycles. The van der Waals surface area contributed by atoms with E-state index in [0.29, 0.717) is 12.3 Å². The number of carbonyl (C=O) groups excluding carboxylic acids is 2. The van der Waals surface area contributed by atoms with Gasteiger partial charge in [0.15, 0.2) is 6.10 Å². The van der Waals surface area contributed by atoms with Crippen LogP contribution in [-0.2, 0) is 36.6 Å². The van der Waals surface area contributed by atoms with Crippen molar-refractivity contribution in [3.63, 3.8) is 0 Å². The molecule has 1 aliphatic rings. The highest BCUT2D eigenvalue weighted by atomic mass is 16.6. The lowest BCUT2D eigenvalue weighted by molar-refractivity contribution is -0.170. The predicted octanol–water partition coefficient (Wildman–Crippen LogP) is 3.50. The monoisotopic (exact) mass is 374 g/mol. The van der Waals surface area contributed by atoms with Gasteiger partial charge in [0.05, 0.1) is 25.7 Å². The third-order valence-electron chi connectivity index (χ3n) is 4.90. The minimum absolute atomic E-state index is 0.173. The van der Waals surface area contributed by atoms with Crippen molar-refractivity contribution >= 4 is 11.9 Å². The summed E-state index contributed by atoms with van der Waals surface area (Å²) in [7, 11) is 0. The van der Waals surface area contributed by atoms with Gasteiger partial charge in [0.1, 0.15) is 0 Å². The molecule has 1 aromatic carbocycles. The Morgan fingerprint density at radius 1 is 1.15 bits per heavy atom. The average molecular weight is 374 g/mol. The topological polar surface area (TPSA) is 61.8 Å². The maximum absolute atomic E-state index is 12.6. The summed E-state index contributed by atoms with van der Waals surface area (Å²) in [5.74, 6) is -1.31. The van der Waals surface area contributed by atoms with Crippen LogP contribution in [0.2, 0.25) is 0 Å². The highest BCUT2D eigenvalue weighted by molar-refractivity contribution is 5.84. The van der Waals surface area contributed by atoms with Crippen LogP contribution in [0, 0.1) is 11.8 Å². The van der Waals surface area contributed by atoms with Gasteiger partial charge in [0.2, 0.25) is 0 Å². The Morgan fingerprint density at radius 3 is 2.48 bits per heavy atom. The number of hydrogen-bond acceptors (Lipinski definition) is 5. The molecule has 1 aliphatic carbocycles. The number of hydrogen-bond donors (Lipinski definition) is 0. The average Bonchev–Trinajstić information content (AvgIpc) is 2.67. The van der Waals surface area contributed by atoms with Crippen molar-refractivity contribution in [2.24, 2.45) is 11.8 Å². The van der Waals surface area contributed by atoms with Gasteiger partial charge in [0, 0.05) is 0 Å². The van der Waals surface area contributed by atoms with Crippen molar-refractivity contribution in [1.29, 1.82) is 0 Å². The SMILES string of the molecule is C=CCOC(C(=O)OCC)C(CC1CCc2ccccc2C1)C(=O)OCC. The lowest BCUT2D eigenvalue weighted by atomic mass is 9.78. The molecule has 2 rings (SSSR count). The maximum Gasteiger partial charge on any atom is 0.336 e. The van der Waals surface area contributed by atoms with Gasteiger partial charge in [-0.1, -0.05) is 30.3 Å². The van der Waals surface area contributed by atoms with E-state index in [4.69, 9.17) is 14.2 Å². The lowest BCUT2D eigenvalue weighted by Crippen LogP contribution is -2.41. The fraction of sp³-hybridized carbons (Fsp3) is 0.545. The number of carbonyl (C=O) groups is 2. The van der Waals surface area contributed by atoms with Crippen molar-refractivity contribution < 1.29 is 23.8 Å². The molecule has 1 aromatic rings. The fourth-order valence-electron chi connectivity index (χ4n) is 3.67. The second-order valence-electron chi connectivity index (χ2n) is 6.77. The summed E-state index contributed by atoms with van der Waals surface area (Å²) in [5, 5.41) is 0. The number of esters is 2. The maximum atomic E-state index is 12.6. The molecule has 0 N–H and O–H groups in total. The largest absolute Gasteiger partial charge is 0.466 e. The first-order chi connectivity index (χ1) is 13.1. The van der Waals surface area contributed by atoms with Crippen LogP contribution in [0.25, 0.3) is 0 Å². The summed E-state index contributed by atoms with van der Waals surface area (Å²) in [4.78, 5) is 25.1. The van der Waals surface area contributed by atoms with E-state index in [9.17, 15) is 9.59 Å². The van der Waals surface area contributed by atoms with Gasteiger partial charge in [-0.25, -0.2) is 4.79 Å². The third kappa shape index (κ3) is 5.93. The first kappa shape index (κ1) is 21.2. The minimum Gasteiger partial charge on any atom is -0.466 e. The molecule has 3 unspecified atom stereocenters. The number of aryl methyl sites for hydroxylation is 1. The third-order valence-corrected chi connectivity index (χ3v) is 4.90. The first-order valence-electron chi connectivity index (χ1n) is 9.73. The second kappa shape index (κ2) is 10.9. The van der Waals surface area contributed by atoms with E-state index in [1.165, 1.54) is 11.1 Å². The Hall–Kier alpha value is -2.14. The molecule has 0 amide bonds. The summed E-state index contributed by atoms with van der Waals surface area (Å²) < 4.78 is 16.1. The Balaban J connectivity index is 2.18. The Kier molecular flexibility index (Phi) is 8.52. The van der Waals surface area contributed by atoms with E-state index in [-0.39, 0.29) is 19.8 Å². The van der Waals surface area contributed by atoms with Crippen LogP contribution in [0.5, 0.6) is 0 Å². The van der Waals surface area contributed by atoms with E-state index in [2.05, 4.69) is 24.8 Å². The highest BCUT2D eigenvalue weighted by Crippen LogP contribution is 2.32. The van der Waals surface area contributed by atoms with Crippen LogP contribution in [0.1, 0.15) is 37.8 Å². The molecule has 148 valence electrons. The molecule has 0 fully saturated rings. The van der Waals surface area contributed by atoms with Gasteiger partial charge in [-0.05, 0) is 56.6 Å². The van der Waals surface area contributed by atoms with Crippen LogP contribution in [-0.4, -0.2) is 37.9 Å². The standard InChI is InChI=1S/C22H30O5/c1-4-13-27-20(22(24)26-6-3)19(21(23)25-5-2)15-16-11-12-17-9-7-8-10-18(17)14-16/h4,7-10,16,19-20H,1,5-6,11-15H2,2-3H3. The van der Waals surface area contributed by atoms with Gasteiger partial charge in [-0.15, -0.1) is 6.58 Å². The van der Waals surface area contributed by atoms with E-state index in [0.717, 1.165) is 19.3 Å². The van der Waals surface area contributed by atoms with Gasteiger partial charge < -0.3 is 14.2 Å². The normalized spacial score (nSPS) is 18.1. The zero-order valence-corrected chi connectivity index (χ0v) is 16.3. The van der Waals surface area contributed by atoms with Gasteiger partial charge in [0.25, 0.3) is 0 Å². The quantitative estimate of drug-likeness (QED) is 0.463. The number of fused-ring (bicyclic) bond motifs is 1. The number of benzene rings is 1. The minimum atomic E-state index is -0.973. The number of ether oxygens (including phenoxy) is 3. The zero-order chi connectivity index (χ0) is 19.6. The van der Waals surface area contributed by atoms with Crippen LogP contribution in [0.3, 0.4) is 0 Å². The number of rotatable bonds is 10. The highest BCUT2D eigenvalue weighted by Gasteiger charge is 2.39. The van der Waals surface area contributed by atoms with E-state index in [1.54, 1.807) is 19.9 Å². The Bertz CT molecular complexity index is 639. The smallest absolute Gasteiger partial charge is 0.336 e. The summed E-state index contributed by atoms with van der Waals surface area (Å²) >= 11 is 0. The van der Waals surface area contributed by atoms with Crippen molar-refractivity contribution in [1.82, 2.24) is 0 Å². The summed E-state index contributed by atoms with van der Waals surface area (Å²) in [6.07, 6.45) is 3.97. The van der Waals surface area contributed by atoms with Crippen molar-refractivity contribution in [2.75, 3.05) is 19.8 Å². The van der Waals surface area contributed by atoms with Crippen LogP contribution in [0.15, 0.2) is 36.9 Å². The predicted molar refractivity (Wildman–Crippen MR) is 103 cm³/mol. The Labute approximate surface area is 161 Å². The zero-order valence-electron chi connectivity index (χ0n) is 16.3. The molecule has 5 nitrogen and oxygen atoms in total. The van der Waals surface area contributed by atoms with Crippen molar-refractivity contribution in [3.05, 3.63) is 48.0 Å². The summed E-state index contributed by atoms with van der Waals surface area (Å²) in [6.45, 7) is 7.79. The van der Waals surface area contributed by atoms with E-state index < -0.39 is 24.0 Å². The van der Waals surface area contributed by atoms with Gasteiger partial charge in [-0.2, -0.15) is 0 Å². The molecular weight excluding hydrogens is 344 g/mol. The molecule has 0 aromatic heterocycles. The van der Waals surface area contributed by atoms with Crippen LogP contribution in [0.4, 0.5) is 0 Å². The molecule has 3 atom stereocenters. The van der Waals surface area contributed by atoms with Gasteiger partial charge in [-0.3, -0.25) is 4.79 Å². The molecule has 0 saturated heterocycles. The van der Waals surface area contributed by atoms with Crippen molar-refractivity contribution in [2.45, 2.75) is 45.6 Å². The van der Waals surface area contributed by atoms with Crippen molar-refractivity contribution in [3.8, 4) is 0 Å². The first-order valence-corrected chi connectivity index (χ1v) is 9.73. The molecule has 27 heavy (non-hydrogen) atoms. The lowest BCUT2D eigenvalue weighted by Gasteiger charge is -2.30. The van der Waals surface area contributed by atoms with E-state index >= 15 is 0 Å². The Morgan fingerprint density at radius 2 is 1.81 bits per heavy atom. The molecule has 0 saturated carbocycles. The molecule has 0 spiro atoms. The molecule has 0 heterocycles. The fourth-order valence-corrected chi connectivity index (χ4v) is 3.67. The summed E-state index contributed by atoms with van der Waals surface area (Å²) in [6, 6.07) is 8.39. The molecule has 0 bridgehead atoms. The molecule has 5 heteroatoms. The van der Waals surface area contributed by atoms with Crippen LogP contribution < -0.4 is 0 Å². The van der Waals surface area contributed by atoms with Crippen LogP contribution >= 0.6 is 0 Å². The van der Waals surface area contributed by atoms with Gasteiger partial charge >= 0.3 is 11.9 Å². The molecular formula is C22H30O5. The van der Waals surface area contributed by atoms with E-state index in [1.807, 2.05) is 6.07 Å². The second-order valence-corrected chi connectivity index (χ2v) is 6.77.